The van der Waals surface area contributed by atoms with Crippen molar-refractivity contribution in [2.75, 3.05) is 13.1 Å². The fourth-order valence-corrected chi connectivity index (χ4v) is 1.76. The predicted octanol–water partition coefficient (Wildman–Crippen LogP) is -0.559. The number of carboxylic acid groups (broad SMARTS) is 1. The molecule has 1 atom stereocenters. The van der Waals surface area contributed by atoms with Gasteiger partial charge in [-0.25, -0.2) is 9.78 Å². The van der Waals surface area contributed by atoms with Crippen LogP contribution < -0.4 is 10.6 Å². The van der Waals surface area contributed by atoms with Gasteiger partial charge in [0, 0.05) is 37.0 Å². The number of imidazole rings is 1. The number of aromatic amines is 1. The monoisotopic (exact) mass is 264 g/mol. The van der Waals surface area contributed by atoms with E-state index in [9.17, 15) is 9.59 Å². The Labute approximate surface area is 110 Å². The second-order valence-electron chi connectivity index (χ2n) is 4.48. The molecule has 4 N–H and O–H groups in total. The summed E-state index contributed by atoms with van der Waals surface area (Å²) in [6.07, 6.45) is 3.20. The molecule has 2 heterocycles. The van der Waals surface area contributed by atoms with Crippen LogP contribution >= 0.6 is 0 Å². The lowest BCUT2D eigenvalue weighted by atomic mass is 10.0. The van der Waals surface area contributed by atoms with Crippen molar-refractivity contribution < 1.29 is 14.7 Å². The Hall–Kier alpha value is -2.15. The van der Waals surface area contributed by atoms with Gasteiger partial charge in [-0.2, -0.15) is 0 Å². The van der Waals surface area contributed by atoms with Crippen molar-refractivity contribution in [3.8, 4) is 0 Å². The van der Waals surface area contributed by atoms with Crippen molar-refractivity contribution >= 4 is 11.9 Å². The predicted molar refractivity (Wildman–Crippen MR) is 67.4 cm³/mol. The molecule has 0 bridgehead atoms. The third kappa shape index (κ3) is 3.19. The van der Waals surface area contributed by atoms with E-state index in [0.29, 0.717) is 24.4 Å². The third-order valence-corrected chi connectivity index (χ3v) is 3.13. The molecule has 102 valence electrons. The zero-order valence-electron chi connectivity index (χ0n) is 10.6. The fraction of sp³-hybridized carbons (Fsp3) is 0.417. The Morgan fingerprint density at radius 2 is 2.26 bits per heavy atom. The number of hydrogen-bond acceptors (Lipinski definition) is 4. The number of aromatic nitrogens is 2. The molecular weight excluding hydrogens is 248 g/mol. The SMILES string of the molecule is CC(C(=O)N[C@@H](Cc1cnc[nH]1)C(=O)O)=C1CNC1. The molecule has 1 fully saturated rings. The van der Waals surface area contributed by atoms with Crippen LogP contribution in [0.1, 0.15) is 12.6 Å². The molecule has 19 heavy (non-hydrogen) atoms. The lowest BCUT2D eigenvalue weighted by molar-refractivity contribution is -0.141. The Bertz CT molecular complexity index is 501. The molecular formula is C12H16N4O3. The van der Waals surface area contributed by atoms with E-state index in [1.54, 1.807) is 13.1 Å². The van der Waals surface area contributed by atoms with Crippen LogP contribution in [-0.4, -0.2) is 46.1 Å². The fourth-order valence-electron chi connectivity index (χ4n) is 1.76. The van der Waals surface area contributed by atoms with E-state index in [1.807, 2.05) is 0 Å². The largest absolute Gasteiger partial charge is 0.480 e. The standard InChI is InChI=1S/C12H16N4O3/c1-7(8-3-13-4-8)11(17)16-10(12(18)19)2-9-5-14-6-15-9/h5-6,10,13H,2-4H2,1H3,(H,14,15)(H,16,17)(H,18,19)/t10-/m0/s1. The van der Waals surface area contributed by atoms with Gasteiger partial charge in [-0.05, 0) is 12.5 Å². The highest BCUT2D eigenvalue weighted by Gasteiger charge is 2.23. The number of carboxylic acids is 1. The summed E-state index contributed by atoms with van der Waals surface area (Å²) in [6, 6.07) is -0.962. The van der Waals surface area contributed by atoms with Gasteiger partial charge in [0.05, 0.1) is 6.33 Å². The first-order valence-electron chi connectivity index (χ1n) is 5.98. The summed E-state index contributed by atoms with van der Waals surface area (Å²) in [4.78, 5) is 29.7. The molecule has 1 amide bonds. The van der Waals surface area contributed by atoms with Crippen LogP contribution in [0.15, 0.2) is 23.7 Å². The number of carbonyl (C=O) groups is 2. The lowest BCUT2D eigenvalue weighted by Crippen LogP contribution is -2.44. The molecule has 0 spiro atoms. The lowest BCUT2D eigenvalue weighted by Gasteiger charge is -2.22. The van der Waals surface area contributed by atoms with Gasteiger partial charge in [-0.15, -0.1) is 0 Å². The molecule has 1 aromatic heterocycles. The van der Waals surface area contributed by atoms with Crippen LogP contribution in [0.4, 0.5) is 0 Å². The van der Waals surface area contributed by atoms with Gasteiger partial charge in [0.2, 0.25) is 5.91 Å². The molecule has 0 aliphatic carbocycles. The zero-order chi connectivity index (χ0) is 13.8. The summed E-state index contributed by atoms with van der Waals surface area (Å²) in [5, 5.41) is 14.7. The summed E-state index contributed by atoms with van der Waals surface area (Å²) >= 11 is 0. The van der Waals surface area contributed by atoms with Crippen LogP contribution in [0, 0.1) is 0 Å². The Morgan fingerprint density at radius 3 is 2.74 bits per heavy atom. The van der Waals surface area contributed by atoms with Gasteiger partial charge in [-0.1, -0.05) is 0 Å². The number of nitrogens with zero attached hydrogens (tertiary/aromatic N) is 1. The average Bonchev–Trinajstić information content (AvgIpc) is 2.78. The maximum Gasteiger partial charge on any atom is 0.326 e. The number of amides is 1. The smallest absolute Gasteiger partial charge is 0.326 e. The number of nitrogens with one attached hydrogen (secondary N) is 3. The molecule has 1 saturated heterocycles. The van der Waals surface area contributed by atoms with E-state index in [-0.39, 0.29) is 12.3 Å². The van der Waals surface area contributed by atoms with E-state index in [1.165, 1.54) is 6.33 Å². The highest BCUT2D eigenvalue weighted by molar-refractivity contribution is 5.96. The van der Waals surface area contributed by atoms with Crippen LogP contribution in [0.2, 0.25) is 0 Å². The number of carbonyl (C=O) groups excluding carboxylic acids is 1. The quantitative estimate of drug-likeness (QED) is 0.533. The first kappa shape index (κ1) is 13.3. The molecule has 1 aliphatic rings. The molecule has 7 heteroatoms. The summed E-state index contributed by atoms with van der Waals surface area (Å²) in [5.41, 5.74) is 2.28. The van der Waals surface area contributed by atoms with Crippen LogP contribution in [0.5, 0.6) is 0 Å². The summed E-state index contributed by atoms with van der Waals surface area (Å²) in [6.45, 7) is 3.09. The van der Waals surface area contributed by atoms with Crippen LogP contribution in [0.3, 0.4) is 0 Å². The van der Waals surface area contributed by atoms with Crippen LogP contribution in [0.25, 0.3) is 0 Å². The van der Waals surface area contributed by atoms with Gasteiger partial charge in [0.15, 0.2) is 0 Å². The Morgan fingerprint density at radius 1 is 1.53 bits per heavy atom. The van der Waals surface area contributed by atoms with Crippen molar-refractivity contribution in [2.45, 2.75) is 19.4 Å². The molecule has 2 rings (SSSR count). The van der Waals surface area contributed by atoms with Gasteiger partial charge in [-0.3, -0.25) is 4.79 Å². The first-order chi connectivity index (χ1) is 9.08. The molecule has 1 aliphatic heterocycles. The summed E-state index contributed by atoms with van der Waals surface area (Å²) < 4.78 is 0. The second-order valence-corrected chi connectivity index (χ2v) is 4.48. The van der Waals surface area contributed by atoms with Gasteiger partial charge in [0.25, 0.3) is 0 Å². The third-order valence-electron chi connectivity index (χ3n) is 3.13. The second kappa shape index (κ2) is 5.66. The van der Waals surface area contributed by atoms with Gasteiger partial charge < -0.3 is 20.7 Å². The Balaban J connectivity index is 2.00. The van der Waals surface area contributed by atoms with E-state index in [0.717, 1.165) is 5.57 Å². The summed E-state index contributed by atoms with van der Waals surface area (Å²) in [5.74, 6) is -1.39. The minimum absolute atomic E-state index is 0.182. The average molecular weight is 264 g/mol. The minimum Gasteiger partial charge on any atom is -0.480 e. The van der Waals surface area contributed by atoms with Crippen molar-refractivity contribution in [1.82, 2.24) is 20.6 Å². The van der Waals surface area contributed by atoms with E-state index in [4.69, 9.17) is 5.11 Å². The number of aliphatic carboxylic acids is 1. The zero-order valence-corrected chi connectivity index (χ0v) is 10.6. The Kier molecular flexibility index (Phi) is 3.96. The van der Waals surface area contributed by atoms with Crippen molar-refractivity contribution in [2.24, 2.45) is 0 Å². The molecule has 0 unspecified atom stereocenters. The van der Waals surface area contributed by atoms with Crippen molar-refractivity contribution in [1.29, 1.82) is 0 Å². The highest BCUT2D eigenvalue weighted by Crippen LogP contribution is 2.09. The summed E-state index contributed by atoms with van der Waals surface area (Å²) in [7, 11) is 0. The maximum atomic E-state index is 11.9. The van der Waals surface area contributed by atoms with Gasteiger partial charge >= 0.3 is 5.97 Å². The molecule has 1 aromatic rings. The van der Waals surface area contributed by atoms with E-state index in [2.05, 4.69) is 20.6 Å². The topological polar surface area (TPSA) is 107 Å². The van der Waals surface area contributed by atoms with E-state index >= 15 is 0 Å². The highest BCUT2D eigenvalue weighted by atomic mass is 16.4. The minimum atomic E-state index is -1.06. The first-order valence-corrected chi connectivity index (χ1v) is 5.98. The van der Waals surface area contributed by atoms with Crippen LogP contribution in [-0.2, 0) is 16.0 Å². The number of rotatable bonds is 5. The normalized spacial score (nSPS) is 15.5. The molecule has 0 saturated carbocycles. The van der Waals surface area contributed by atoms with E-state index < -0.39 is 12.0 Å². The maximum absolute atomic E-state index is 11.9. The van der Waals surface area contributed by atoms with Crippen molar-refractivity contribution in [3.63, 3.8) is 0 Å². The van der Waals surface area contributed by atoms with Gasteiger partial charge in [0.1, 0.15) is 6.04 Å². The molecule has 0 aromatic carbocycles. The molecule has 0 radical (unpaired) electrons. The van der Waals surface area contributed by atoms with Crippen molar-refractivity contribution in [3.05, 3.63) is 29.4 Å². The molecule has 7 nitrogen and oxygen atoms in total. The number of H-pyrrole nitrogens is 1. The number of hydrogen-bond donors (Lipinski definition) is 4.